The molecule has 3 nitrogen and oxygen atoms in total. The second-order valence-corrected chi connectivity index (χ2v) is 13.0. The third-order valence-electron chi connectivity index (χ3n) is 10.0. The summed E-state index contributed by atoms with van der Waals surface area (Å²) in [5, 5.41) is 7.22. The first-order valence-corrected chi connectivity index (χ1v) is 17.3. The molecule has 0 fully saturated rings. The molecule has 8 aromatic carbocycles. The van der Waals surface area contributed by atoms with Crippen molar-refractivity contribution in [3.05, 3.63) is 188 Å². The molecule has 0 aliphatic carbocycles. The molecule has 10 aromatic rings. The zero-order valence-corrected chi connectivity index (χ0v) is 27.7. The number of rotatable bonds is 5. The smallest absolute Gasteiger partial charge is 0.161 e. The van der Waals surface area contributed by atoms with E-state index in [1.807, 2.05) is 12.1 Å². The van der Waals surface area contributed by atoms with Gasteiger partial charge in [0, 0.05) is 32.8 Å². The van der Waals surface area contributed by atoms with Crippen LogP contribution in [0.3, 0.4) is 0 Å². The number of nitrogens with zero attached hydrogens (tertiary/aromatic N) is 3. The van der Waals surface area contributed by atoms with Crippen LogP contribution in [0.15, 0.2) is 188 Å². The van der Waals surface area contributed by atoms with E-state index in [9.17, 15) is 0 Å². The van der Waals surface area contributed by atoms with Gasteiger partial charge in [0.15, 0.2) is 5.82 Å². The standard InChI is InChI=1S/C48H31N3/c1-3-13-32(14-4-1)33-23-25-35(26-24-33)44-31-43(34-15-5-2-6-16-34)49-48(50-44)41-27-28-46(39-20-10-9-19-38(39)41)51-45-22-12-11-21-40(45)42-29-36-17-7-8-18-37(36)30-47(42)51/h1-31H. The van der Waals surface area contributed by atoms with Crippen LogP contribution in [0.5, 0.6) is 0 Å². The molecule has 0 aliphatic heterocycles. The Labute approximate surface area is 295 Å². The quantitative estimate of drug-likeness (QED) is 0.186. The normalized spacial score (nSPS) is 11.5. The van der Waals surface area contributed by atoms with E-state index in [1.54, 1.807) is 0 Å². The fourth-order valence-electron chi connectivity index (χ4n) is 7.52. The van der Waals surface area contributed by atoms with Gasteiger partial charge in [0.05, 0.1) is 28.1 Å². The lowest BCUT2D eigenvalue weighted by atomic mass is 10.00. The molecule has 0 amide bonds. The lowest BCUT2D eigenvalue weighted by Gasteiger charge is -2.15. The highest BCUT2D eigenvalue weighted by molar-refractivity contribution is 6.15. The number of hydrogen-bond acceptors (Lipinski definition) is 2. The molecule has 3 heteroatoms. The molecule has 0 radical (unpaired) electrons. The Hall–Kier alpha value is -6.84. The second kappa shape index (κ2) is 11.9. The number of para-hydroxylation sites is 1. The molecule has 0 unspecified atom stereocenters. The van der Waals surface area contributed by atoms with E-state index in [-0.39, 0.29) is 0 Å². The highest BCUT2D eigenvalue weighted by atomic mass is 15.0. The Bertz CT molecular complexity index is 2890. The van der Waals surface area contributed by atoms with Crippen molar-refractivity contribution in [3.8, 4) is 50.7 Å². The minimum atomic E-state index is 0.703. The molecule has 0 bridgehead atoms. The van der Waals surface area contributed by atoms with Crippen LogP contribution >= 0.6 is 0 Å². The second-order valence-electron chi connectivity index (χ2n) is 13.0. The Balaban J connectivity index is 1.18. The summed E-state index contributed by atoms with van der Waals surface area (Å²) in [5.74, 6) is 0.703. The van der Waals surface area contributed by atoms with E-state index in [0.717, 1.165) is 44.5 Å². The largest absolute Gasteiger partial charge is 0.309 e. The van der Waals surface area contributed by atoms with E-state index in [2.05, 4.69) is 180 Å². The van der Waals surface area contributed by atoms with Crippen molar-refractivity contribution in [3.63, 3.8) is 0 Å². The summed E-state index contributed by atoms with van der Waals surface area (Å²) in [6.07, 6.45) is 0. The number of benzene rings is 8. The lowest BCUT2D eigenvalue weighted by molar-refractivity contribution is 1.18. The lowest BCUT2D eigenvalue weighted by Crippen LogP contribution is -1.99. The fraction of sp³-hybridized carbons (Fsp3) is 0. The van der Waals surface area contributed by atoms with Crippen LogP contribution in [0.25, 0.3) is 94.1 Å². The summed E-state index contributed by atoms with van der Waals surface area (Å²) in [5.41, 5.74) is 10.8. The number of hydrogen-bond donors (Lipinski definition) is 0. The van der Waals surface area contributed by atoms with Gasteiger partial charge in [0.2, 0.25) is 0 Å². The minimum absolute atomic E-state index is 0.703. The molecule has 0 saturated heterocycles. The Morgan fingerprint density at radius 2 is 0.863 bits per heavy atom. The van der Waals surface area contributed by atoms with Gasteiger partial charge in [-0.3, -0.25) is 0 Å². The zero-order chi connectivity index (χ0) is 33.7. The Morgan fingerprint density at radius 3 is 1.59 bits per heavy atom. The fourth-order valence-corrected chi connectivity index (χ4v) is 7.52. The Morgan fingerprint density at radius 1 is 0.333 bits per heavy atom. The van der Waals surface area contributed by atoms with Crippen molar-refractivity contribution < 1.29 is 0 Å². The van der Waals surface area contributed by atoms with Crippen molar-refractivity contribution in [1.29, 1.82) is 0 Å². The first-order chi connectivity index (χ1) is 25.3. The SMILES string of the molecule is c1ccc(-c2ccc(-c3cc(-c4ccccc4)nc(-c4ccc(-n5c6ccccc6c6cc7ccccc7cc65)c5ccccc45)n3)cc2)cc1. The van der Waals surface area contributed by atoms with E-state index in [4.69, 9.17) is 9.97 Å². The molecule has 0 aliphatic rings. The predicted octanol–water partition coefficient (Wildman–Crippen LogP) is 12.5. The molecule has 2 aromatic heterocycles. The minimum Gasteiger partial charge on any atom is -0.309 e. The van der Waals surface area contributed by atoms with E-state index in [1.165, 1.54) is 43.7 Å². The van der Waals surface area contributed by atoms with Gasteiger partial charge in [0.1, 0.15) is 0 Å². The average Bonchev–Trinajstić information content (AvgIpc) is 3.53. The number of aromatic nitrogens is 3. The molecule has 0 N–H and O–H groups in total. The summed E-state index contributed by atoms with van der Waals surface area (Å²) in [7, 11) is 0. The van der Waals surface area contributed by atoms with Gasteiger partial charge in [-0.25, -0.2) is 9.97 Å². The third-order valence-corrected chi connectivity index (χ3v) is 10.0. The first-order valence-electron chi connectivity index (χ1n) is 17.3. The highest BCUT2D eigenvalue weighted by Gasteiger charge is 2.18. The van der Waals surface area contributed by atoms with Gasteiger partial charge >= 0.3 is 0 Å². The molecule has 238 valence electrons. The van der Waals surface area contributed by atoms with Crippen molar-refractivity contribution in [1.82, 2.24) is 14.5 Å². The van der Waals surface area contributed by atoms with Crippen LogP contribution in [0, 0.1) is 0 Å². The molecule has 0 atom stereocenters. The average molecular weight is 650 g/mol. The van der Waals surface area contributed by atoms with Crippen molar-refractivity contribution >= 4 is 43.4 Å². The van der Waals surface area contributed by atoms with E-state index in [0.29, 0.717) is 5.82 Å². The van der Waals surface area contributed by atoms with Crippen molar-refractivity contribution in [2.45, 2.75) is 0 Å². The first kappa shape index (κ1) is 29.1. The third kappa shape index (κ3) is 4.98. The highest BCUT2D eigenvalue weighted by Crippen LogP contribution is 2.39. The van der Waals surface area contributed by atoms with Crippen molar-refractivity contribution in [2.75, 3.05) is 0 Å². The summed E-state index contributed by atoms with van der Waals surface area (Å²) >= 11 is 0. The molecule has 10 rings (SSSR count). The maximum absolute atomic E-state index is 5.26. The van der Waals surface area contributed by atoms with Crippen LogP contribution in [-0.4, -0.2) is 14.5 Å². The van der Waals surface area contributed by atoms with Crippen LogP contribution in [0.4, 0.5) is 0 Å². The molecule has 51 heavy (non-hydrogen) atoms. The van der Waals surface area contributed by atoms with Crippen LogP contribution < -0.4 is 0 Å². The zero-order valence-electron chi connectivity index (χ0n) is 27.7. The van der Waals surface area contributed by atoms with Crippen LogP contribution in [0.2, 0.25) is 0 Å². The number of fused-ring (bicyclic) bond motifs is 5. The van der Waals surface area contributed by atoms with Gasteiger partial charge in [-0.2, -0.15) is 0 Å². The van der Waals surface area contributed by atoms with Gasteiger partial charge in [-0.15, -0.1) is 0 Å². The van der Waals surface area contributed by atoms with Gasteiger partial charge in [-0.05, 0) is 63.7 Å². The topological polar surface area (TPSA) is 30.7 Å². The Kier molecular flexibility index (Phi) is 6.81. The maximum Gasteiger partial charge on any atom is 0.161 e. The van der Waals surface area contributed by atoms with Crippen molar-refractivity contribution in [2.24, 2.45) is 0 Å². The monoisotopic (exact) mass is 649 g/mol. The molecular weight excluding hydrogens is 619 g/mol. The van der Waals surface area contributed by atoms with Gasteiger partial charge in [-0.1, -0.05) is 152 Å². The summed E-state index contributed by atoms with van der Waals surface area (Å²) in [6.45, 7) is 0. The van der Waals surface area contributed by atoms with Crippen LogP contribution in [0.1, 0.15) is 0 Å². The van der Waals surface area contributed by atoms with Gasteiger partial charge in [0.25, 0.3) is 0 Å². The van der Waals surface area contributed by atoms with E-state index < -0.39 is 0 Å². The summed E-state index contributed by atoms with van der Waals surface area (Å²) in [6, 6.07) is 66.7. The molecular formula is C48H31N3. The van der Waals surface area contributed by atoms with Gasteiger partial charge < -0.3 is 4.57 Å². The summed E-state index contributed by atoms with van der Waals surface area (Å²) in [4.78, 5) is 10.5. The molecule has 0 spiro atoms. The molecule has 0 saturated carbocycles. The predicted molar refractivity (Wildman–Crippen MR) is 213 cm³/mol. The van der Waals surface area contributed by atoms with Crippen LogP contribution in [-0.2, 0) is 0 Å². The maximum atomic E-state index is 5.26. The molecule has 2 heterocycles. The van der Waals surface area contributed by atoms with E-state index >= 15 is 0 Å². The summed E-state index contributed by atoms with van der Waals surface area (Å²) < 4.78 is 2.42.